The van der Waals surface area contributed by atoms with Gasteiger partial charge in [0.25, 0.3) is 0 Å². The molecule has 146 valence electrons. The molecule has 2 aliphatic rings. The van der Waals surface area contributed by atoms with Gasteiger partial charge in [-0.3, -0.25) is 0 Å². The average Bonchev–Trinajstić information content (AvgIpc) is 3.21. The van der Waals surface area contributed by atoms with E-state index in [0.29, 0.717) is 10.6 Å². The Hall–Kier alpha value is -3.18. The molecule has 0 saturated carbocycles. The van der Waals surface area contributed by atoms with Crippen LogP contribution in [0.4, 0.5) is 0 Å². The highest BCUT2D eigenvalue weighted by atomic mass is 35.5. The summed E-state index contributed by atoms with van der Waals surface area (Å²) in [5.41, 5.74) is 3.67. The van der Waals surface area contributed by atoms with Crippen LogP contribution in [0.15, 0.2) is 71.8 Å². The van der Waals surface area contributed by atoms with Crippen molar-refractivity contribution >= 4 is 17.3 Å². The van der Waals surface area contributed by atoms with Crippen molar-refractivity contribution in [3.8, 4) is 17.2 Å². The van der Waals surface area contributed by atoms with Gasteiger partial charge in [-0.2, -0.15) is 5.10 Å². The number of para-hydroxylation sites is 1. The molecule has 3 aromatic rings. The Kier molecular flexibility index (Phi) is 4.32. The van der Waals surface area contributed by atoms with Crippen molar-refractivity contribution in [2.24, 2.45) is 5.10 Å². The number of fused-ring (bicyclic) bond motifs is 3. The second-order valence-electron chi connectivity index (χ2n) is 7.09. The van der Waals surface area contributed by atoms with Gasteiger partial charge in [0.05, 0.1) is 24.4 Å². The lowest BCUT2D eigenvalue weighted by atomic mass is 9.96. The van der Waals surface area contributed by atoms with Crippen molar-refractivity contribution in [3.05, 3.63) is 88.4 Å². The molecule has 2 heterocycles. The van der Waals surface area contributed by atoms with Crippen LogP contribution >= 0.6 is 11.6 Å². The number of ether oxygens (including phenoxy) is 2. The monoisotopic (exact) mass is 406 g/mol. The van der Waals surface area contributed by atoms with Gasteiger partial charge in [-0.25, -0.2) is 5.01 Å². The first-order valence-electron chi connectivity index (χ1n) is 9.38. The molecule has 0 amide bonds. The summed E-state index contributed by atoms with van der Waals surface area (Å²) < 4.78 is 11.5. The second kappa shape index (κ2) is 7.01. The Morgan fingerprint density at radius 2 is 1.86 bits per heavy atom. The predicted molar refractivity (Wildman–Crippen MR) is 112 cm³/mol. The highest BCUT2D eigenvalue weighted by Crippen LogP contribution is 2.48. The molecule has 5 rings (SSSR count). The van der Waals surface area contributed by atoms with Crippen LogP contribution in [-0.2, 0) is 0 Å². The molecule has 0 bridgehead atoms. The maximum atomic E-state index is 10.5. The third-order valence-electron chi connectivity index (χ3n) is 5.38. The third kappa shape index (κ3) is 3.08. The minimum atomic E-state index is -0.565. The zero-order valence-electron chi connectivity index (χ0n) is 15.7. The van der Waals surface area contributed by atoms with E-state index in [0.717, 1.165) is 34.8 Å². The Bertz CT molecular complexity index is 1100. The summed E-state index contributed by atoms with van der Waals surface area (Å²) in [4.78, 5) is 0. The van der Waals surface area contributed by atoms with Crippen molar-refractivity contribution in [2.45, 2.75) is 18.7 Å². The fraction of sp³-hybridized carbons (Fsp3) is 0.174. The zero-order chi connectivity index (χ0) is 20.0. The maximum Gasteiger partial charge on any atom is 0.217 e. The van der Waals surface area contributed by atoms with Crippen molar-refractivity contribution in [1.82, 2.24) is 5.01 Å². The summed E-state index contributed by atoms with van der Waals surface area (Å²) in [6, 6.07) is 20.8. The second-order valence-corrected chi connectivity index (χ2v) is 7.52. The van der Waals surface area contributed by atoms with Gasteiger partial charge in [0.2, 0.25) is 6.23 Å². The van der Waals surface area contributed by atoms with Gasteiger partial charge in [-0.05, 0) is 54.1 Å². The molecule has 5 nitrogen and oxygen atoms in total. The number of methoxy groups -OCH3 is 1. The topological polar surface area (TPSA) is 54.3 Å². The van der Waals surface area contributed by atoms with Gasteiger partial charge in [0.15, 0.2) is 0 Å². The van der Waals surface area contributed by atoms with Crippen molar-refractivity contribution < 1.29 is 14.6 Å². The van der Waals surface area contributed by atoms with E-state index in [-0.39, 0.29) is 11.8 Å². The summed E-state index contributed by atoms with van der Waals surface area (Å²) in [5, 5.41) is 17.8. The van der Waals surface area contributed by atoms with Crippen LogP contribution in [0.3, 0.4) is 0 Å². The maximum absolute atomic E-state index is 10.5. The standard InChI is InChI=1S/C23H19ClN2O3/c1-28-16-9-6-14(7-10-16)19-13-20-17-4-2-3-5-22(17)29-23(26(20)25-19)18-12-15(24)8-11-21(18)27/h2-12,20,23,27H,13H2,1H3/t20-,23-/m1/s1. The Morgan fingerprint density at radius 3 is 2.66 bits per heavy atom. The number of hydrogen-bond acceptors (Lipinski definition) is 5. The van der Waals surface area contributed by atoms with Crippen LogP contribution in [-0.4, -0.2) is 22.9 Å². The SMILES string of the molecule is COc1ccc(C2=NN3[C@H](C2)c2ccccc2O[C@@H]3c2cc(Cl)ccc2O)cc1. The number of hydrogen-bond donors (Lipinski definition) is 1. The fourth-order valence-corrected chi connectivity index (χ4v) is 4.10. The van der Waals surface area contributed by atoms with E-state index in [1.165, 1.54) is 0 Å². The number of halogens is 1. The lowest BCUT2D eigenvalue weighted by Gasteiger charge is -2.38. The van der Waals surface area contributed by atoms with Crippen LogP contribution < -0.4 is 9.47 Å². The van der Waals surface area contributed by atoms with Gasteiger partial charge in [-0.1, -0.05) is 29.8 Å². The molecule has 0 radical (unpaired) electrons. The van der Waals surface area contributed by atoms with Crippen LogP contribution in [0.1, 0.15) is 35.4 Å². The summed E-state index contributed by atoms with van der Waals surface area (Å²) in [6.45, 7) is 0. The molecule has 3 aromatic carbocycles. The number of aromatic hydroxyl groups is 1. The number of benzene rings is 3. The molecule has 2 atom stereocenters. The molecule has 1 N–H and O–H groups in total. The van der Waals surface area contributed by atoms with Crippen LogP contribution in [0.25, 0.3) is 0 Å². The predicted octanol–water partition coefficient (Wildman–Crippen LogP) is 5.30. The molecule has 0 aliphatic carbocycles. The van der Waals surface area contributed by atoms with E-state index in [1.807, 2.05) is 47.5 Å². The molecular formula is C23H19ClN2O3. The molecule has 6 heteroatoms. The molecule has 29 heavy (non-hydrogen) atoms. The van der Waals surface area contributed by atoms with E-state index in [1.54, 1.807) is 25.3 Å². The highest BCUT2D eigenvalue weighted by molar-refractivity contribution is 6.30. The fourth-order valence-electron chi connectivity index (χ4n) is 3.92. The van der Waals surface area contributed by atoms with Gasteiger partial charge >= 0.3 is 0 Å². The number of phenolic OH excluding ortho intramolecular Hbond substituents is 1. The molecule has 0 fully saturated rings. The first-order chi connectivity index (χ1) is 14.1. The molecule has 0 unspecified atom stereocenters. The molecule has 0 spiro atoms. The zero-order valence-corrected chi connectivity index (χ0v) is 16.5. The molecule has 0 aromatic heterocycles. The molecule has 2 aliphatic heterocycles. The number of phenols is 1. The smallest absolute Gasteiger partial charge is 0.217 e. The van der Waals surface area contributed by atoms with E-state index >= 15 is 0 Å². The number of nitrogens with zero attached hydrogens (tertiary/aromatic N) is 2. The normalized spacial score (nSPS) is 19.8. The van der Waals surface area contributed by atoms with E-state index < -0.39 is 6.23 Å². The van der Waals surface area contributed by atoms with E-state index in [4.69, 9.17) is 26.2 Å². The van der Waals surface area contributed by atoms with Crippen molar-refractivity contribution in [3.63, 3.8) is 0 Å². The Morgan fingerprint density at radius 1 is 1.07 bits per heavy atom. The first-order valence-corrected chi connectivity index (χ1v) is 9.76. The van der Waals surface area contributed by atoms with Gasteiger partial charge in [-0.15, -0.1) is 0 Å². The van der Waals surface area contributed by atoms with Gasteiger partial charge < -0.3 is 14.6 Å². The van der Waals surface area contributed by atoms with E-state index in [9.17, 15) is 5.11 Å². The van der Waals surface area contributed by atoms with Gasteiger partial charge in [0.1, 0.15) is 17.2 Å². The molecule has 0 saturated heterocycles. The quantitative estimate of drug-likeness (QED) is 0.641. The van der Waals surface area contributed by atoms with Crippen molar-refractivity contribution in [2.75, 3.05) is 7.11 Å². The lowest BCUT2D eigenvalue weighted by molar-refractivity contribution is -0.0203. The minimum absolute atomic E-state index is 0.0143. The third-order valence-corrected chi connectivity index (χ3v) is 5.61. The van der Waals surface area contributed by atoms with E-state index in [2.05, 4.69) is 6.07 Å². The lowest BCUT2D eigenvalue weighted by Crippen LogP contribution is -2.33. The van der Waals surface area contributed by atoms with Crippen LogP contribution in [0.5, 0.6) is 17.2 Å². The summed E-state index contributed by atoms with van der Waals surface area (Å²) in [7, 11) is 1.65. The van der Waals surface area contributed by atoms with Gasteiger partial charge in [0, 0.05) is 17.0 Å². The summed E-state index contributed by atoms with van der Waals surface area (Å²) in [6.07, 6.45) is 0.175. The largest absolute Gasteiger partial charge is 0.507 e. The minimum Gasteiger partial charge on any atom is -0.507 e. The van der Waals surface area contributed by atoms with Crippen molar-refractivity contribution in [1.29, 1.82) is 0 Å². The number of hydrazone groups is 1. The van der Waals surface area contributed by atoms with Crippen LogP contribution in [0.2, 0.25) is 5.02 Å². The first kappa shape index (κ1) is 17.9. The Balaban J connectivity index is 1.59. The molecular weight excluding hydrogens is 388 g/mol. The summed E-state index contributed by atoms with van der Waals surface area (Å²) in [5.74, 6) is 1.73. The average molecular weight is 407 g/mol. The highest BCUT2D eigenvalue weighted by Gasteiger charge is 2.41. The number of rotatable bonds is 3. The summed E-state index contributed by atoms with van der Waals surface area (Å²) >= 11 is 6.20. The van der Waals surface area contributed by atoms with Crippen LogP contribution in [0, 0.1) is 0 Å². The Labute approximate surface area is 173 Å².